The van der Waals surface area contributed by atoms with Crippen molar-refractivity contribution in [3.63, 3.8) is 0 Å². The first kappa shape index (κ1) is 20.2. The molecule has 2 N–H and O–H groups in total. The highest BCUT2D eigenvalue weighted by molar-refractivity contribution is 6.03. The second-order valence-electron chi connectivity index (χ2n) is 8.04. The maximum absolute atomic E-state index is 13.1. The number of fused-ring (bicyclic) bond motifs is 1. The van der Waals surface area contributed by atoms with Crippen LogP contribution in [0.3, 0.4) is 0 Å². The van der Waals surface area contributed by atoms with Crippen LogP contribution in [-0.2, 0) is 20.0 Å². The molecule has 2 heterocycles. The lowest BCUT2D eigenvalue weighted by molar-refractivity contribution is 0.101. The van der Waals surface area contributed by atoms with E-state index < -0.39 is 0 Å². The zero-order valence-corrected chi connectivity index (χ0v) is 18.3. The van der Waals surface area contributed by atoms with Crippen LogP contribution in [0.4, 0.5) is 11.4 Å². The quantitative estimate of drug-likeness (QED) is 0.692. The van der Waals surface area contributed by atoms with Crippen LogP contribution in [0.1, 0.15) is 33.1 Å². The van der Waals surface area contributed by atoms with Gasteiger partial charge in [0.05, 0.1) is 5.69 Å². The van der Waals surface area contributed by atoms with Crippen molar-refractivity contribution in [2.24, 2.45) is 7.05 Å². The van der Waals surface area contributed by atoms with Crippen LogP contribution in [0.15, 0.2) is 36.4 Å². The van der Waals surface area contributed by atoms with Gasteiger partial charge < -0.3 is 20.1 Å². The van der Waals surface area contributed by atoms with Gasteiger partial charge in [-0.1, -0.05) is 24.3 Å². The number of benzene rings is 2. The highest BCUT2D eigenvalue weighted by atomic mass is 16.2. The standard InChI is InChI=1S/C24H29N5O/c1-15-17(8-6-10-19(15)25-3)18-9-7-11-20(16(18)2)27-24(30)23-26-21-14-28(4)13-12-22(21)29(23)5/h6-11,25H,12-14H2,1-5H3,(H,27,30). The molecule has 156 valence electrons. The van der Waals surface area contributed by atoms with Gasteiger partial charge >= 0.3 is 0 Å². The van der Waals surface area contributed by atoms with E-state index in [1.54, 1.807) is 0 Å². The Hall–Kier alpha value is -3.12. The number of nitrogens with one attached hydrogen (secondary N) is 2. The molecule has 0 unspecified atom stereocenters. The summed E-state index contributed by atoms with van der Waals surface area (Å²) in [4.78, 5) is 20.0. The number of anilines is 2. The molecule has 2 aromatic carbocycles. The van der Waals surface area contributed by atoms with E-state index in [0.717, 1.165) is 59.0 Å². The highest BCUT2D eigenvalue weighted by Gasteiger charge is 2.24. The third kappa shape index (κ3) is 3.48. The number of nitrogens with zero attached hydrogens (tertiary/aromatic N) is 3. The summed E-state index contributed by atoms with van der Waals surface area (Å²) in [5.74, 6) is 0.295. The van der Waals surface area contributed by atoms with Gasteiger partial charge in [0.1, 0.15) is 0 Å². The lowest BCUT2D eigenvalue weighted by atomic mass is 9.94. The fraction of sp³-hybridized carbons (Fsp3) is 0.333. The first-order chi connectivity index (χ1) is 14.4. The summed E-state index contributed by atoms with van der Waals surface area (Å²) in [6.45, 7) is 5.93. The van der Waals surface area contributed by atoms with E-state index in [9.17, 15) is 4.79 Å². The first-order valence-corrected chi connectivity index (χ1v) is 10.3. The molecular weight excluding hydrogens is 374 g/mol. The van der Waals surface area contributed by atoms with Crippen LogP contribution in [0.5, 0.6) is 0 Å². The molecule has 1 amide bonds. The van der Waals surface area contributed by atoms with Crippen LogP contribution in [-0.4, -0.2) is 41.0 Å². The fourth-order valence-corrected chi connectivity index (χ4v) is 4.30. The number of carbonyl (C=O) groups excluding carboxylic acids is 1. The molecule has 0 atom stereocenters. The van der Waals surface area contributed by atoms with Crippen LogP contribution in [0.2, 0.25) is 0 Å². The molecule has 1 aliphatic heterocycles. The normalized spacial score (nSPS) is 13.8. The molecule has 0 radical (unpaired) electrons. The highest BCUT2D eigenvalue weighted by Crippen LogP contribution is 2.33. The molecule has 4 rings (SSSR count). The fourth-order valence-electron chi connectivity index (χ4n) is 4.30. The smallest absolute Gasteiger partial charge is 0.291 e. The molecule has 0 bridgehead atoms. The zero-order valence-electron chi connectivity index (χ0n) is 18.3. The molecular formula is C24H29N5O. The number of aromatic nitrogens is 2. The number of hydrogen-bond donors (Lipinski definition) is 2. The number of hydrogen-bond acceptors (Lipinski definition) is 4. The summed E-state index contributed by atoms with van der Waals surface area (Å²) in [6, 6.07) is 12.3. The SMILES string of the molecule is CNc1cccc(-c2cccc(NC(=O)c3nc4c(n3C)CCN(C)C4)c2C)c1C. The van der Waals surface area contributed by atoms with Crippen molar-refractivity contribution < 1.29 is 4.79 Å². The molecule has 30 heavy (non-hydrogen) atoms. The van der Waals surface area contributed by atoms with Crippen molar-refractivity contribution in [2.75, 3.05) is 31.3 Å². The Morgan fingerprint density at radius 2 is 1.63 bits per heavy atom. The molecule has 1 aliphatic rings. The van der Waals surface area contributed by atoms with Crippen LogP contribution >= 0.6 is 0 Å². The van der Waals surface area contributed by atoms with E-state index in [4.69, 9.17) is 0 Å². The first-order valence-electron chi connectivity index (χ1n) is 10.3. The van der Waals surface area contributed by atoms with Crippen LogP contribution in [0, 0.1) is 13.8 Å². The van der Waals surface area contributed by atoms with Gasteiger partial charge in [-0.25, -0.2) is 4.98 Å². The third-order valence-corrected chi connectivity index (χ3v) is 6.12. The largest absolute Gasteiger partial charge is 0.388 e. The van der Waals surface area contributed by atoms with E-state index >= 15 is 0 Å². The Balaban J connectivity index is 1.66. The van der Waals surface area contributed by atoms with E-state index in [2.05, 4.69) is 59.6 Å². The summed E-state index contributed by atoms with van der Waals surface area (Å²) in [5, 5.41) is 6.34. The molecule has 0 spiro atoms. The van der Waals surface area contributed by atoms with Gasteiger partial charge in [-0.3, -0.25) is 4.79 Å². The Labute approximate surface area is 177 Å². The Morgan fingerprint density at radius 3 is 2.30 bits per heavy atom. The van der Waals surface area contributed by atoms with Gasteiger partial charge in [0, 0.05) is 50.7 Å². The zero-order chi connectivity index (χ0) is 21.4. The van der Waals surface area contributed by atoms with Crippen molar-refractivity contribution in [3.05, 3.63) is 64.7 Å². The van der Waals surface area contributed by atoms with Gasteiger partial charge in [0.15, 0.2) is 5.82 Å². The topological polar surface area (TPSA) is 62.2 Å². The average Bonchev–Trinajstić information content (AvgIpc) is 3.06. The van der Waals surface area contributed by atoms with Crippen LogP contribution in [0.25, 0.3) is 11.1 Å². The van der Waals surface area contributed by atoms with Crippen molar-refractivity contribution in [2.45, 2.75) is 26.8 Å². The molecule has 6 heteroatoms. The number of amides is 1. The predicted octanol–water partition coefficient (Wildman–Crippen LogP) is 3.99. The maximum Gasteiger partial charge on any atom is 0.291 e. The van der Waals surface area contributed by atoms with Gasteiger partial charge in [0.25, 0.3) is 5.91 Å². The van der Waals surface area contributed by atoms with Crippen LogP contribution < -0.4 is 10.6 Å². The van der Waals surface area contributed by atoms with E-state index in [0.29, 0.717) is 5.82 Å². The van der Waals surface area contributed by atoms with Crippen molar-refractivity contribution in [3.8, 4) is 11.1 Å². The monoisotopic (exact) mass is 403 g/mol. The van der Waals surface area contributed by atoms with Crippen molar-refractivity contribution >= 4 is 17.3 Å². The number of likely N-dealkylation sites (N-methyl/N-ethyl adjacent to an activating group) is 1. The van der Waals surface area contributed by atoms with Crippen molar-refractivity contribution in [1.82, 2.24) is 14.5 Å². The summed E-state index contributed by atoms with van der Waals surface area (Å²) >= 11 is 0. The molecule has 0 saturated heterocycles. The predicted molar refractivity (Wildman–Crippen MR) is 122 cm³/mol. The second-order valence-corrected chi connectivity index (χ2v) is 8.04. The van der Waals surface area contributed by atoms with E-state index in [1.807, 2.05) is 36.9 Å². The van der Waals surface area contributed by atoms with Crippen molar-refractivity contribution in [1.29, 1.82) is 0 Å². The van der Waals surface area contributed by atoms with Gasteiger partial charge in [-0.15, -0.1) is 0 Å². The minimum absolute atomic E-state index is 0.171. The minimum atomic E-state index is -0.171. The Kier molecular flexibility index (Phi) is 5.35. The summed E-state index contributed by atoms with van der Waals surface area (Å²) < 4.78 is 1.94. The number of rotatable bonds is 4. The molecule has 3 aromatic rings. The van der Waals surface area contributed by atoms with Gasteiger partial charge in [-0.05, 0) is 55.3 Å². The molecule has 0 fully saturated rings. The molecule has 0 saturated carbocycles. The molecule has 0 aliphatic carbocycles. The Morgan fingerprint density at radius 1 is 1.00 bits per heavy atom. The lowest BCUT2D eigenvalue weighted by Crippen LogP contribution is -2.27. The Bertz CT molecular complexity index is 1120. The molecule has 6 nitrogen and oxygen atoms in total. The average molecular weight is 404 g/mol. The summed E-state index contributed by atoms with van der Waals surface area (Å²) in [5.41, 5.74) is 8.57. The lowest BCUT2D eigenvalue weighted by Gasteiger charge is -2.21. The van der Waals surface area contributed by atoms with Gasteiger partial charge in [-0.2, -0.15) is 0 Å². The van der Waals surface area contributed by atoms with E-state index in [-0.39, 0.29) is 5.91 Å². The minimum Gasteiger partial charge on any atom is -0.388 e. The summed E-state index contributed by atoms with van der Waals surface area (Å²) in [6.07, 6.45) is 0.915. The van der Waals surface area contributed by atoms with Gasteiger partial charge in [0.2, 0.25) is 0 Å². The molecule has 1 aromatic heterocycles. The van der Waals surface area contributed by atoms with E-state index in [1.165, 1.54) is 5.56 Å². The summed E-state index contributed by atoms with van der Waals surface area (Å²) in [7, 11) is 5.94. The number of imidazole rings is 1. The maximum atomic E-state index is 13.1. The third-order valence-electron chi connectivity index (χ3n) is 6.12. The number of carbonyl (C=O) groups is 1. The second kappa shape index (κ2) is 7.95.